The quantitative estimate of drug-likeness (QED) is 0.224. The van der Waals surface area contributed by atoms with Crippen molar-refractivity contribution in [1.29, 1.82) is 0 Å². The molecule has 1 aromatic heterocycles. The number of benzene rings is 1. The number of sulfone groups is 1. The van der Waals surface area contributed by atoms with Crippen molar-refractivity contribution in [3.05, 3.63) is 53.9 Å². The van der Waals surface area contributed by atoms with E-state index < -0.39 is 34.1 Å². The highest BCUT2D eigenvalue weighted by Crippen LogP contribution is 2.19. The fourth-order valence-electron chi connectivity index (χ4n) is 2.84. The van der Waals surface area contributed by atoms with Crippen LogP contribution in [0.15, 0.2) is 47.5 Å². The van der Waals surface area contributed by atoms with Gasteiger partial charge in [-0.05, 0) is 43.3 Å². The van der Waals surface area contributed by atoms with E-state index in [4.69, 9.17) is 19.3 Å². The molecule has 0 aliphatic heterocycles. The molecule has 3 N–H and O–H groups in total. The number of carbonyl (C=O) groups excluding carboxylic acids is 3. The first-order chi connectivity index (χ1) is 18.1. The Morgan fingerprint density at radius 1 is 0.895 bits per heavy atom. The van der Waals surface area contributed by atoms with Gasteiger partial charge >= 0.3 is 5.97 Å². The molecule has 206 valence electrons. The largest absolute Gasteiger partial charge is 0.482 e. The lowest BCUT2D eigenvalue weighted by Crippen LogP contribution is -2.33. The van der Waals surface area contributed by atoms with Crippen molar-refractivity contribution in [3.63, 3.8) is 0 Å². The van der Waals surface area contributed by atoms with Crippen LogP contribution in [0.2, 0.25) is 0 Å². The van der Waals surface area contributed by atoms with Gasteiger partial charge in [0, 0.05) is 19.3 Å². The van der Waals surface area contributed by atoms with E-state index in [0.29, 0.717) is 0 Å². The standard InChI is InChI=1S/C24H29N3O10S/c1-17(28)13-35-10-8-25-22(29)14-36-11-9-26-24(32)18-2-3-19(27-12-18)16-38(33,34)21-6-4-20(5-7-21)37-15-23(30)31/h2-7,12H,8-11,13-16H2,1H3,(H,25,29)(H,26,32)(H,30,31). The molecule has 0 aliphatic rings. The number of aromatic nitrogens is 1. The average Bonchev–Trinajstić information content (AvgIpc) is 2.87. The van der Waals surface area contributed by atoms with Gasteiger partial charge in [0.1, 0.15) is 19.0 Å². The molecule has 0 spiro atoms. The maximum atomic E-state index is 12.6. The fourth-order valence-corrected chi connectivity index (χ4v) is 4.12. The van der Waals surface area contributed by atoms with E-state index in [-0.39, 0.29) is 73.1 Å². The number of Topliss-reactive ketones (excluding diaryl/α,β-unsaturated/α-hetero) is 1. The van der Waals surface area contributed by atoms with Crippen LogP contribution in [0.5, 0.6) is 5.75 Å². The Kier molecular flexibility index (Phi) is 12.3. The van der Waals surface area contributed by atoms with Gasteiger partial charge < -0.3 is 30.0 Å². The summed E-state index contributed by atoms with van der Waals surface area (Å²) in [5, 5.41) is 13.8. The molecule has 0 fully saturated rings. The number of ether oxygens (including phenoxy) is 3. The maximum Gasteiger partial charge on any atom is 0.341 e. The van der Waals surface area contributed by atoms with E-state index in [0.717, 1.165) is 0 Å². The molecule has 0 unspecified atom stereocenters. The van der Waals surface area contributed by atoms with E-state index in [2.05, 4.69) is 15.6 Å². The van der Waals surface area contributed by atoms with E-state index >= 15 is 0 Å². The van der Waals surface area contributed by atoms with Gasteiger partial charge in [0.2, 0.25) is 5.91 Å². The highest BCUT2D eigenvalue weighted by Gasteiger charge is 2.17. The second-order valence-corrected chi connectivity index (χ2v) is 9.85. The summed E-state index contributed by atoms with van der Waals surface area (Å²) >= 11 is 0. The number of nitrogens with zero attached hydrogens (tertiary/aromatic N) is 1. The Hall–Kier alpha value is -3.88. The third kappa shape index (κ3) is 11.5. The third-order valence-electron chi connectivity index (χ3n) is 4.61. The number of nitrogens with one attached hydrogen (secondary N) is 2. The predicted molar refractivity (Wildman–Crippen MR) is 132 cm³/mol. The number of hydrogen-bond acceptors (Lipinski definition) is 10. The number of carboxylic acids is 1. The van der Waals surface area contributed by atoms with Crippen LogP contribution < -0.4 is 15.4 Å². The first-order valence-corrected chi connectivity index (χ1v) is 13.0. The number of carboxylic acid groups (broad SMARTS) is 1. The molecule has 0 saturated heterocycles. The zero-order valence-corrected chi connectivity index (χ0v) is 21.5. The Morgan fingerprint density at radius 3 is 2.16 bits per heavy atom. The molecule has 2 aromatic rings. The monoisotopic (exact) mass is 551 g/mol. The number of pyridine rings is 1. The number of ketones is 1. The number of rotatable bonds is 17. The summed E-state index contributed by atoms with van der Waals surface area (Å²) in [6, 6.07) is 8.22. The molecule has 0 aliphatic carbocycles. The summed E-state index contributed by atoms with van der Waals surface area (Å²) in [4.78, 5) is 49.2. The smallest absolute Gasteiger partial charge is 0.341 e. The van der Waals surface area contributed by atoms with Gasteiger partial charge in [-0.1, -0.05) is 0 Å². The Labute approximate surface area is 219 Å². The number of aliphatic carboxylic acids is 1. The second kappa shape index (κ2) is 15.4. The first kappa shape index (κ1) is 30.3. The van der Waals surface area contributed by atoms with E-state index in [1.54, 1.807) is 0 Å². The molecule has 1 aromatic carbocycles. The number of hydrogen-bond donors (Lipinski definition) is 3. The summed E-state index contributed by atoms with van der Waals surface area (Å²) in [6.07, 6.45) is 1.26. The molecule has 0 bridgehead atoms. The third-order valence-corrected chi connectivity index (χ3v) is 6.28. The highest BCUT2D eigenvalue weighted by molar-refractivity contribution is 7.90. The van der Waals surface area contributed by atoms with Crippen molar-refractivity contribution in [2.45, 2.75) is 17.6 Å². The fraction of sp³-hybridized carbons (Fsp3) is 0.375. The molecule has 13 nitrogen and oxygen atoms in total. The molecule has 0 atom stereocenters. The Morgan fingerprint density at radius 2 is 1.55 bits per heavy atom. The molecule has 38 heavy (non-hydrogen) atoms. The van der Waals surface area contributed by atoms with Crippen LogP contribution in [-0.2, 0) is 39.4 Å². The van der Waals surface area contributed by atoms with E-state index in [9.17, 15) is 27.6 Å². The van der Waals surface area contributed by atoms with Crippen molar-refractivity contribution < 1.29 is 46.9 Å². The second-order valence-electron chi connectivity index (χ2n) is 7.86. The van der Waals surface area contributed by atoms with Gasteiger partial charge in [0.25, 0.3) is 5.91 Å². The molecule has 14 heteroatoms. The van der Waals surface area contributed by atoms with Crippen LogP contribution in [0.4, 0.5) is 0 Å². The van der Waals surface area contributed by atoms with Crippen molar-refractivity contribution in [3.8, 4) is 5.75 Å². The van der Waals surface area contributed by atoms with Crippen molar-refractivity contribution in [2.75, 3.05) is 46.1 Å². The molecule has 1 heterocycles. The first-order valence-electron chi connectivity index (χ1n) is 11.4. The number of amides is 2. The summed E-state index contributed by atoms with van der Waals surface area (Å²) in [7, 11) is -3.74. The van der Waals surface area contributed by atoms with Gasteiger partial charge in [0.15, 0.2) is 22.2 Å². The average molecular weight is 552 g/mol. The Balaban J connectivity index is 1.71. The minimum Gasteiger partial charge on any atom is -0.482 e. The maximum absolute atomic E-state index is 12.6. The van der Waals surface area contributed by atoms with Crippen LogP contribution in [0, 0.1) is 0 Å². The van der Waals surface area contributed by atoms with E-state index in [1.807, 2.05) is 0 Å². The normalized spacial score (nSPS) is 11.0. The van der Waals surface area contributed by atoms with Crippen LogP contribution in [-0.4, -0.2) is 88.2 Å². The van der Waals surface area contributed by atoms with Crippen LogP contribution >= 0.6 is 0 Å². The SMILES string of the molecule is CC(=O)COCCNC(=O)COCCNC(=O)c1ccc(CS(=O)(=O)c2ccc(OCC(=O)O)cc2)nc1. The topological polar surface area (TPSA) is 187 Å². The van der Waals surface area contributed by atoms with E-state index in [1.165, 1.54) is 49.5 Å². The molecule has 2 rings (SSSR count). The zero-order chi connectivity index (χ0) is 28.0. The van der Waals surface area contributed by atoms with Crippen LogP contribution in [0.3, 0.4) is 0 Å². The Bertz CT molecular complexity index is 1200. The van der Waals surface area contributed by atoms with Gasteiger partial charge in [-0.15, -0.1) is 0 Å². The minimum atomic E-state index is -3.74. The summed E-state index contributed by atoms with van der Waals surface area (Å²) in [5.74, 6) is -2.24. The van der Waals surface area contributed by atoms with Crippen LogP contribution in [0.25, 0.3) is 0 Å². The van der Waals surface area contributed by atoms with Gasteiger partial charge in [-0.3, -0.25) is 19.4 Å². The number of carbonyl (C=O) groups is 4. The molecule has 0 radical (unpaired) electrons. The highest BCUT2D eigenvalue weighted by atomic mass is 32.2. The molecule has 2 amide bonds. The molecular weight excluding hydrogens is 522 g/mol. The van der Waals surface area contributed by atoms with Crippen molar-refractivity contribution >= 4 is 33.4 Å². The van der Waals surface area contributed by atoms with Gasteiger partial charge in [-0.25, -0.2) is 13.2 Å². The van der Waals surface area contributed by atoms with Crippen LogP contribution in [0.1, 0.15) is 23.0 Å². The predicted octanol–water partition coefficient (Wildman–Crippen LogP) is -0.0129. The summed E-state index contributed by atoms with van der Waals surface area (Å²) < 4.78 is 40.5. The lowest BCUT2D eigenvalue weighted by Gasteiger charge is -2.08. The van der Waals surface area contributed by atoms with Gasteiger partial charge in [-0.2, -0.15) is 0 Å². The van der Waals surface area contributed by atoms with Crippen molar-refractivity contribution in [2.24, 2.45) is 0 Å². The summed E-state index contributed by atoms with van der Waals surface area (Å²) in [6.45, 7) is 1.32. The molecule has 0 saturated carbocycles. The lowest BCUT2D eigenvalue weighted by molar-refractivity contribution is -0.139. The minimum absolute atomic E-state index is 0.00714. The molecular formula is C24H29N3O10S. The lowest BCUT2D eigenvalue weighted by atomic mass is 10.2. The van der Waals surface area contributed by atoms with Crippen molar-refractivity contribution in [1.82, 2.24) is 15.6 Å². The zero-order valence-electron chi connectivity index (χ0n) is 20.7. The summed E-state index contributed by atoms with van der Waals surface area (Å²) in [5.41, 5.74) is 0.447. The van der Waals surface area contributed by atoms with Gasteiger partial charge in [0.05, 0.1) is 35.1 Å².